The first kappa shape index (κ1) is 18.8. The lowest BCUT2D eigenvalue weighted by atomic mass is 9.96. The number of rotatable bonds is 4. The third-order valence-corrected chi connectivity index (χ3v) is 6.57. The Hall–Kier alpha value is -3.20. The summed E-state index contributed by atoms with van der Waals surface area (Å²) in [6.07, 6.45) is 2.13. The molecule has 0 bridgehead atoms. The van der Waals surface area contributed by atoms with Gasteiger partial charge in [-0.05, 0) is 23.1 Å². The average molecular weight is 422 g/mol. The summed E-state index contributed by atoms with van der Waals surface area (Å²) in [6.45, 7) is 2.10. The molecular weight excluding hydrogens is 404 g/mol. The van der Waals surface area contributed by atoms with Crippen LogP contribution in [0.1, 0.15) is 27.0 Å². The molecule has 152 valence electrons. The first-order valence-electron chi connectivity index (χ1n) is 9.68. The second kappa shape index (κ2) is 7.24. The Labute approximate surface area is 175 Å². The summed E-state index contributed by atoms with van der Waals surface area (Å²) in [5, 5.41) is 3.45. The van der Waals surface area contributed by atoms with Gasteiger partial charge in [-0.1, -0.05) is 30.0 Å². The molecule has 5 rings (SSSR count). The zero-order valence-corrected chi connectivity index (χ0v) is 16.8. The number of nitrogens with one attached hydrogen (secondary N) is 1. The molecule has 0 atom stereocenters. The first-order valence-corrected chi connectivity index (χ1v) is 10.7. The minimum absolute atomic E-state index is 0.0467. The Morgan fingerprint density at radius 3 is 2.80 bits per heavy atom. The van der Waals surface area contributed by atoms with Gasteiger partial charge in [0.05, 0.1) is 5.69 Å². The highest BCUT2D eigenvalue weighted by molar-refractivity contribution is 7.99. The summed E-state index contributed by atoms with van der Waals surface area (Å²) >= 11 is 1.51. The smallest absolute Gasteiger partial charge is 0.267 e. The highest BCUT2D eigenvalue weighted by atomic mass is 32.2. The molecular formula is C21H18N4O4S. The number of aromatic nitrogens is 2. The molecule has 0 unspecified atom stereocenters. The number of benzene rings is 1. The fourth-order valence-electron chi connectivity index (χ4n) is 3.92. The van der Waals surface area contributed by atoms with Gasteiger partial charge in [0.2, 0.25) is 10.9 Å². The van der Waals surface area contributed by atoms with Crippen LogP contribution in [0.15, 0.2) is 50.0 Å². The molecule has 3 aromatic rings. The molecule has 1 N–H and O–H groups in total. The second-order valence-corrected chi connectivity index (χ2v) is 8.50. The van der Waals surface area contributed by atoms with Gasteiger partial charge in [-0.2, -0.15) is 0 Å². The lowest BCUT2D eigenvalue weighted by Crippen LogP contribution is -2.41. The maximum Gasteiger partial charge on any atom is 0.267 e. The second-order valence-electron chi connectivity index (χ2n) is 7.44. The Morgan fingerprint density at radius 2 is 2.00 bits per heavy atom. The Morgan fingerprint density at radius 1 is 1.13 bits per heavy atom. The maximum absolute atomic E-state index is 12.5. The molecule has 0 radical (unpaired) electrons. The third-order valence-electron chi connectivity index (χ3n) is 5.60. The number of carbonyl (C=O) groups excluding carboxylic acids is 1. The monoisotopic (exact) mass is 422 g/mol. The number of hydrogen-bond acceptors (Lipinski definition) is 7. The summed E-state index contributed by atoms with van der Waals surface area (Å²) in [5.74, 6) is 0.346. The van der Waals surface area contributed by atoms with E-state index in [1.165, 1.54) is 34.2 Å². The van der Waals surface area contributed by atoms with Crippen molar-refractivity contribution in [3.8, 4) is 0 Å². The normalized spacial score (nSPS) is 15.1. The lowest BCUT2D eigenvalue weighted by Gasteiger charge is -2.31. The van der Waals surface area contributed by atoms with Crippen LogP contribution in [0.2, 0.25) is 0 Å². The first-order chi connectivity index (χ1) is 14.5. The van der Waals surface area contributed by atoms with E-state index in [4.69, 9.17) is 0 Å². The SMILES string of the molecule is O=C(NCc1ccc2c(c1)CN(c1cc(=O)c1=O)CC2)c1cnc2n(c1=O)CCS2. The minimum Gasteiger partial charge on any atom is -0.363 e. The van der Waals surface area contributed by atoms with Crippen molar-refractivity contribution >= 4 is 23.4 Å². The molecule has 2 aliphatic rings. The quantitative estimate of drug-likeness (QED) is 0.481. The molecule has 0 aliphatic carbocycles. The van der Waals surface area contributed by atoms with Crippen LogP contribution in [0.5, 0.6) is 0 Å². The van der Waals surface area contributed by atoms with Gasteiger partial charge in [-0.3, -0.25) is 23.7 Å². The number of nitrogens with zero attached hydrogens (tertiary/aromatic N) is 3. The van der Waals surface area contributed by atoms with Crippen molar-refractivity contribution in [2.24, 2.45) is 0 Å². The highest BCUT2D eigenvalue weighted by Gasteiger charge is 2.23. The van der Waals surface area contributed by atoms with Crippen LogP contribution in [0.4, 0.5) is 5.69 Å². The van der Waals surface area contributed by atoms with E-state index in [2.05, 4.69) is 10.3 Å². The van der Waals surface area contributed by atoms with Gasteiger partial charge in [-0.15, -0.1) is 0 Å². The van der Waals surface area contributed by atoms with Crippen molar-refractivity contribution in [3.63, 3.8) is 0 Å². The molecule has 0 saturated heterocycles. The van der Waals surface area contributed by atoms with E-state index in [-0.39, 0.29) is 17.7 Å². The molecule has 8 nitrogen and oxygen atoms in total. The molecule has 0 spiro atoms. The van der Waals surface area contributed by atoms with Gasteiger partial charge >= 0.3 is 0 Å². The number of fused-ring (bicyclic) bond motifs is 2. The number of thioether (sulfide) groups is 1. The summed E-state index contributed by atoms with van der Waals surface area (Å²) < 4.78 is 1.54. The Balaban J connectivity index is 1.30. The fraction of sp³-hybridized carbons (Fsp3) is 0.286. The van der Waals surface area contributed by atoms with E-state index in [1.807, 2.05) is 23.1 Å². The summed E-state index contributed by atoms with van der Waals surface area (Å²) in [7, 11) is 0. The van der Waals surface area contributed by atoms with Gasteiger partial charge in [-0.25, -0.2) is 4.98 Å². The topological polar surface area (TPSA) is 101 Å². The van der Waals surface area contributed by atoms with Crippen LogP contribution in [0.25, 0.3) is 0 Å². The molecule has 0 saturated carbocycles. The predicted molar refractivity (Wildman–Crippen MR) is 113 cm³/mol. The summed E-state index contributed by atoms with van der Waals surface area (Å²) in [5.41, 5.74) is 2.51. The van der Waals surface area contributed by atoms with Gasteiger partial charge in [0.15, 0.2) is 5.16 Å². The van der Waals surface area contributed by atoms with Crippen LogP contribution in [0, 0.1) is 0 Å². The van der Waals surface area contributed by atoms with E-state index in [0.717, 1.165) is 23.3 Å². The molecule has 1 aromatic heterocycles. The number of anilines is 1. The Bertz CT molecular complexity index is 1310. The number of amides is 1. The summed E-state index contributed by atoms with van der Waals surface area (Å²) in [4.78, 5) is 54.1. The fourth-order valence-corrected chi connectivity index (χ4v) is 4.83. The van der Waals surface area contributed by atoms with Crippen LogP contribution in [-0.4, -0.2) is 27.8 Å². The lowest BCUT2D eigenvalue weighted by molar-refractivity contribution is 0.0948. The molecule has 3 heterocycles. The van der Waals surface area contributed by atoms with Gasteiger partial charge in [0, 0.05) is 44.2 Å². The predicted octanol–water partition coefficient (Wildman–Crippen LogP) is 0.438. The highest BCUT2D eigenvalue weighted by Crippen LogP contribution is 2.24. The van der Waals surface area contributed by atoms with Gasteiger partial charge < -0.3 is 10.2 Å². The van der Waals surface area contributed by atoms with E-state index in [0.29, 0.717) is 30.5 Å². The minimum atomic E-state index is -0.442. The average Bonchev–Trinajstić information content (AvgIpc) is 3.25. The van der Waals surface area contributed by atoms with E-state index >= 15 is 0 Å². The van der Waals surface area contributed by atoms with Crippen molar-refractivity contribution in [1.29, 1.82) is 0 Å². The van der Waals surface area contributed by atoms with E-state index in [1.54, 1.807) is 0 Å². The molecule has 0 fully saturated rings. The van der Waals surface area contributed by atoms with Crippen molar-refractivity contribution in [3.05, 3.63) is 83.5 Å². The molecule has 1 amide bonds. The molecule has 9 heteroatoms. The van der Waals surface area contributed by atoms with Crippen LogP contribution in [0.3, 0.4) is 0 Å². The standard InChI is InChI=1S/C21H18N4O4S/c26-17-8-16(18(17)27)24-4-3-13-2-1-12(7-14(13)11-24)9-22-19(28)15-10-23-21-25(20(15)29)5-6-30-21/h1-2,7-8,10H,3-6,9,11H2,(H,22,28). The number of hydrogen-bond donors (Lipinski definition) is 1. The third kappa shape index (κ3) is 3.15. The zero-order valence-electron chi connectivity index (χ0n) is 16.0. The zero-order chi connectivity index (χ0) is 20.8. The van der Waals surface area contributed by atoms with Gasteiger partial charge in [0.25, 0.3) is 11.5 Å². The molecule has 2 aliphatic heterocycles. The maximum atomic E-state index is 12.5. The largest absolute Gasteiger partial charge is 0.363 e. The summed E-state index contributed by atoms with van der Waals surface area (Å²) in [6, 6.07) is 7.37. The van der Waals surface area contributed by atoms with Crippen molar-refractivity contribution < 1.29 is 4.79 Å². The Kier molecular flexibility index (Phi) is 4.54. The number of carbonyl (C=O) groups is 1. The molecule has 2 aromatic carbocycles. The van der Waals surface area contributed by atoms with Crippen molar-refractivity contribution in [1.82, 2.24) is 14.9 Å². The van der Waals surface area contributed by atoms with Crippen molar-refractivity contribution in [2.45, 2.75) is 31.2 Å². The van der Waals surface area contributed by atoms with Crippen LogP contribution < -0.4 is 26.6 Å². The van der Waals surface area contributed by atoms with Gasteiger partial charge in [0.1, 0.15) is 5.56 Å². The van der Waals surface area contributed by atoms with Crippen LogP contribution in [-0.2, 0) is 26.1 Å². The van der Waals surface area contributed by atoms with Crippen LogP contribution >= 0.6 is 11.8 Å². The molecule has 30 heavy (non-hydrogen) atoms. The van der Waals surface area contributed by atoms with E-state index < -0.39 is 16.8 Å². The van der Waals surface area contributed by atoms with Crippen molar-refractivity contribution in [2.75, 3.05) is 17.2 Å². The van der Waals surface area contributed by atoms with E-state index in [9.17, 15) is 19.2 Å².